The summed E-state index contributed by atoms with van der Waals surface area (Å²) < 4.78 is 0. The van der Waals surface area contributed by atoms with Crippen LogP contribution in [0.1, 0.15) is 31.7 Å². The fourth-order valence-electron chi connectivity index (χ4n) is 3.76. The van der Waals surface area contributed by atoms with Gasteiger partial charge in [-0.2, -0.15) is 0 Å². The molecule has 1 aromatic rings. The first-order chi connectivity index (χ1) is 9.63. The van der Waals surface area contributed by atoms with Crippen LogP contribution in [0, 0.1) is 0 Å². The first-order valence-electron chi connectivity index (χ1n) is 7.95. The van der Waals surface area contributed by atoms with E-state index in [-0.39, 0.29) is 6.04 Å². The highest BCUT2D eigenvalue weighted by Gasteiger charge is 2.34. The lowest BCUT2D eigenvalue weighted by molar-refractivity contribution is 0.254. The van der Waals surface area contributed by atoms with Gasteiger partial charge in [0, 0.05) is 36.9 Å². The van der Waals surface area contributed by atoms with E-state index in [1.807, 2.05) is 0 Å². The summed E-state index contributed by atoms with van der Waals surface area (Å²) in [4.78, 5) is 5.17. The standard InChI is InChI=1S/C17H27N3/c1-13(18)11-14-3-5-16(6-4-14)20-10-9-15-7-8-17(12-20)19(15)2/h3-6,13,15,17H,7-12,18H2,1-2H3. The summed E-state index contributed by atoms with van der Waals surface area (Å²) in [5.74, 6) is 0. The Hall–Kier alpha value is -1.06. The molecule has 0 amide bonds. The van der Waals surface area contributed by atoms with Crippen LogP contribution in [0.2, 0.25) is 0 Å². The van der Waals surface area contributed by atoms with E-state index in [0.29, 0.717) is 0 Å². The summed E-state index contributed by atoms with van der Waals surface area (Å²) in [6.45, 7) is 4.44. The van der Waals surface area contributed by atoms with E-state index in [1.165, 1.54) is 43.6 Å². The van der Waals surface area contributed by atoms with Crippen LogP contribution in [0.4, 0.5) is 5.69 Å². The highest BCUT2D eigenvalue weighted by molar-refractivity contribution is 5.48. The SMILES string of the molecule is CC(N)Cc1ccc(N2CCC3CCC(C2)N3C)cc1. The third kappa shape index (κ3) is 2.84. The maximum absolute atomic E-state index is 5.87. The number of nitrogens with two attached hydrogens (primary N) is 1. The van der Waals surface area contributed by atoms with E-state index in [4.69, 9.17) is 5.73 Å². The van der Waals surface area contributed by atoms with Crippen molar-refractivity contribution >= 4 is 5.69 Å². The van der Waals surface area contributed by atoms with Crippen molar-refractivity contribution in [2.75, 3.05) is 25.0 Å². The fourth-order valence-corrected chi connectivity index (χ4v) is 3.76. The first-order valence-corrected chi connectivity index (χ1v) is 7.95. The number of fused-ring (bicyclic) bond motifs is 2. The van der Waals surface area contributed by atoms with E-state index in [9.17, 15) is 0 Å². The molecule has 2 bridgehead atoms. The van der Waals surface area contributed by atoms with Gasteiger partial charge in [-0.1, -0.05) is 12.1 Å². The highest BCUT2D eigenvalue weighted by Crippen LogP contribution is 2.30. The number of hydrogen-bond donors (Lipinski definition) is 1. The number of rotatable bonds is 3. The molecule has 3 nitrogen and oxygen atoms in total. The van der Waals surface area contributed by atoms with Gasteiger partial charge in [-0.25, -0.2) is 0 Å². The molecule has 2 aliphatic heterocycles. The molecular formula is C17H27N3. The lowest BCUT2D eigenvalue weighted by Crippen LogP contribution is -2.36. The number of hydrogen-bond acceptors (Lipinski definition) is 3. The minimum Gasteiger partial charge on any atom is -0.370 e. The van der Waals surface area contributed by atoms with Crippen LogP contribution in [0.15, 0.2) is 24.3 Å². The van der Waals surface area contributed by atoms with Crippen LogP contribution in [-0.2, 0) is 6.42 Å². The summed E-state index contributed by atoms with van der Waals surface area (Å²) >= 11 is 0. The molecule has 2 saturated heterocycles. The van der Waals surface area contributed by atoms with Crippen LogP contribution >= 0.6 is 0 Å². The largest absolute Gasteiger partial charge is 0.370 e. The van der Waals surface area contributed by atoms with Crippen molar-refractivity contribution in [3.63, 3.8) is 0 Å². The Labute approximate surface area is 122 Å². The van der Waals surface area contributed by atoms with Crippen LogP contribution in [0.25, 0.3) is 0 Å². The molecule has 0 saturated carbocycles. The second kappa shape index (κ2) is 5.74. The van der Waals surface area contributed by atoms with Crippen molar-refractivity contribution in [1.82, 2.24) is 4.90 Å². The Balaban J connectivity index is 1.70. The minimum absolute atomic E-state index is 0.239. The molecule has 0 aliphatic carbocycles. The Morgan fingerprint density at radius 1 is 1.15 bits per heavy atom. The predicted octanol–water partition coefficient (Wildman–Crippen LogP) is 2.25. The van der Waals surface area contributed by atoms with Gasteiger partial charge in [0.2, 0.25) is 0 Å². The second-order valence-electron chi connectivity index (χ2n) is 6.63. The molecular weight excluding hydrogens is 246 g/mol. The molecule has 1 aromatic carbocycles. The van der Waals surface area contributed by atoms with Crippen molar-refractivity contribution in [3.8, 4) is 0 Å². The molecule has 3 rings (SSSR count). The van der Waals surface area contributed by atoms with Gasteiger partial charge >= 0.3 is 0 Å². The smallest absolute Gasteiger partial charge is 0.0366 e. The minimum atomic E-state index is 0.239. The van der Waals surface area contributed by atoms with Gasteiger partial charge in [0.25, 0.3) is 0 Å². The Bertz CT molecular complexity index is 440. The van der Waals surface area contributed by atoms with Gasteiger partial charge in [0.05, 0.1) is 0 Å². The lowest BCUT2D eigenvalue weighted by atomic mass is 10.1. The monoisotopic (exact) mass is 273 g/mol. The van der Waals surface area contributed by atoms with E-state index < -0.39 is 0 Å². The van der Waals surface area contributed by atoms with Gasteiger partial charge in [-0.3, -0.25) is 4.90 Å². The van der Waals surface area contributed by atoms with Crippen molar-refractivity contribution in [2.45, 2.75) is 50.7 Å². The zero-order valence-electron chi connectivity index (χ0n) is 12.8. The first kappa shape index (κ1) is 13.9. The van der Waals surface area contributed by atoms with Crippen molar-refractivity contribution in [1.29, 1.82) is 0 Å². The maximum atomic E-state index is 5.87. The second-order valence-corrected chi connectivity index (χ2v) is 6.63. The Morgan fingerprint density at radius 2 is 1.85 bits per heavy atom. The van der Waals surface area contributed by atoms with Crippen LogP contribution in [0.3, 0.4) is 0 Å². The normalized spacial score (nSPS) is 28.4. The van der Waals surface area contributed by atoms with Gasteiger partial charge < -0.3 is 10.6 Å². The molecule has 3 atom stereocenters. The molecule has 2 fully saturated rings. The van der Waals surface area contributed by atoms with Gasteiger partial charge in [0.15, 0.2) is 0 Å². The predicted molar refractivity (Wildman–Crippen MR) is 85.2 cm³/mol. The molecule has 2 heterocycles. The van der Waals surface area contributed by atoms with Gasteiger partial charge in [0.1, 0.15) is 0 Å². The molecule has 2 aliphatic rings. The van der Waals surface area contributed by atoms with E-state index >= 15 is 0 Å². The zero-order valence-corrected chi connectivity index (χ0v) is 12.8. The molecule has 0 spiro atoms. The quantitative estimate of drug-likeness (QED) is 0.917. The summed E-state index contributed by atoms with van der Waals surface area (Å²) in [5, 5.41) is 0. The Kier molecular flexibility index (Phi) is 3.99. The zero-order chi connectivity index (χ0) is 14.1. The van der Waals surface area contributed by atoms with Crippen molar-refractivity contribution in [2.24, 2.45) is 5.73 Å². The topological polar surface area (TPSA) is 32.5 Å². The highest BCUT2D eigenvalue weighted by atomic mass is 15.3. The average molecular weight is 273 g/mol. The molecule has 110 valence electrons. The molecule has 3 heteroatoms. The molecule has 2 N–H and O–H groups in total. The Morgan fingerprint density at radius 3 is 2.55 bits per heavy atom. The molecule has 0 radical (unpaired) electrons. The lowest BCUT2D eigenvalue weighted by Gasteiger charge is -2.27. The van der Waals surface area contributed by atoms with Crippen molar-refractivity contribution in [3.05, 3.63) is 29.8 Å². The third-order valence-corrected chi connectivity index (χ3v) is 5.01. The molecule has 3 unspecified atom stereocenters. The molecule has 0 aromatic heterocycles. The van der Waals surface area contributed by atoms with E-state index in [0.717, 1.165) is 18.5 Å². The van der Waals surface area contributed by atoms with Gasteiger partial charge in [-0.05, 0) is 57.4 Å². The van der Waals surface area contributed by atoms with Gasteiger partial charge in [-0.15, -0.1) is 0 Å². The number of nitrogens with zero attached hydrogens (tertiary/aromatic N) is 2. The summed E-state index contributed by atoms with van der Waals surface area (Å²) in [6, 6.07) is 10.8. The fraction of sp³-hybridized carbons (Fsp3) is 0.647. The van der Waals surface area contributed by atoms with E-state index in [1.54, 1.807) is 0 Å². The third-order valence-electron chi connectivity index (χ3n) is 5.01. The number of benzene rings is 1. The van der Waals surface area contributed by atoms with E-state index in [2.05, 4.69) is 48.0 Å². The van der Waals surface area contributed by atoms with Crippen molar-refractivity contribution < 1.29 is 0 Å². The summed E-state index contributed by atoms with van der Waals surface area (Å²) in [5.41, 5.74) is 8.59. The van der Waals surface area contributed by atoms with Crippen LogP contribution in [-0.4, -0.2) is 43.2 Å². The molecule has 20 heavy (non-hydrogen) atoms. The summed E-state index contributed by atoms with van der Waals surface area (Å²) in [6.07, 6.45) is 5.02. The van der Waals surface area contributed by atoms with Crippen LogP contribution < -0.4 is 10.6 Å². The number of likely N-dealkylation sites (N-methyl/N-ethyl adjacent to an activating group) is 1. The average Bonchev–Trinajstić information content (AvgIpc) is 2.64. The van der Waals surface area contributed by atoms with Crippen LogP contribution in [0.5, 0.6) is 0 Å². The maximum Gasteiger partial charge on any atom is 0.0366 e. The number of anilines is 1. The summed E-state index contributed by atoms with van der Waals surface area (Å²) in [7, 11) is 2.30.